The highest BCUT2D eigenvalue weighted by molar-refractivity contribution is 5.83. The maximum atomic E-state index is 12.6. The quantitative estimate of drug-likeness (QED) is 0.861. The van der Waals surface area contributed by atoms with E-state index in [0.717, 1.165) is 44.3 Å². The minimum Gasteiger partial charge on any atom is -0.469 e. The number of piperazine rings is 1. The number of aromatic nitrogens is 2. The number of rotatable bonds is 3. The number of carbonyl (C=O) groups excluding carboxylic acids is 1. The molecule has 4 rings (SSSR count). The summed E-state index contributed by atoms with van der Waals surface area (Å²) in [5, 5.41) is 0. The lowest BCUT2D eigenvalue weighted by atomic mass is 10.2. The van der Waals surface area contributed by atoms with Gasteiger partial charge in [0.1, 0.15) is 5.76 Å². The lowest BCUT2D eigenvalue weighted by Crippen LogP contribution is -2.50. The molecule has 6 heteroatoms. The Kier molecular flexibility index (Phi) is 3.17. The van der Waals surface area contributed by atoms with Gasteiger partial charge in [-0.1, -0.05) is 0 Å². The Morgan fingerprint density at radius 3 is 2.77 bits per heavy atom. The van der Waals surface area contributed by atoms with Crippen LogP contribution in [0.1, 0.15) is 18.1 Å². The van der Waals surface area contributed by atoms with Crippen molar-refractivity contribution in [1.82, 2.24) is 14.5 Å². The maximum Gasteiger partial charge on any atom is 0.226 e. The minimum atomic E-state index is 0.117. The van der Waals surface area contributed by atoms with Crippen LogP contribution in [0.4, 0.5) is 5.95 Å². The van der Waals surface area contributed by atoms with Gasteiger partial charge in [0, 0.05) is 57.5 Å². The number of imidazole rings is 1. The van der Waals surface area contributed by atoms with Gasteiger partial charge in [-0.15, -0.1) is 0 Å². The smallest absolute Gasteiger partial charge is 0.226 e. The fraction of sp³-hybridized carbons (Fsp3) is 0.500. The highest BCUT2D eigenvalue weighted by atomic mass is 16.3. The van der Waals surface area contributed by atoms with Crippen LogP contribution in [0.2, 0.25) is 0 Å². The number of hydrogen-bond acceptors (Lipinski definition) is 4. The molecule has 116 valence electrons. The largest absolute Gasteiger partial charge is 0.469 e. The van der Waals surface area contributed by atoms with E-state index in [1.807, 2.05) is 41.0 Å². The second-order valence-corrected chi connectivity index (χ2v) is 6.11. The predicted molar refractivity (Wildman–Crippen MR) is 81.6 cm³/mol. The van der Waals surface area contributed by atoms with Crippen LogP contribution in [-0.2, 0) is 11.8 Å². The predicted octanol–water partition coefficient (Wildman–Crippen LogP) is 1.47. The second kappa shape index (κ2) is 5.19. The van der Waals surface area contributed by atoms with E-state index in [-0.39, 0.29) is 17.7 Å². The molecule has 6 nitrogen and oxygen atoms in total. The van der Waals surface area contributed by atoms with E-state index in [4.69, 9.17) is 4.42 Å². The van der Waals surface area contributed by atoms with Gasteiger partial charge in [0.2, 0.25) is 11.9 Å². The average molecular weight is 300 g/mol. The van der Waals surface area contributed by atoms with Crippen LogP contribution in [0.15, 0.2) is 35.2 Å². The number of furan rings is 1. The van der Waals surface area contributed by atoms with Gasteiger partial charge in [-0.3, -0.25) is 4.79 Å². The summed E-state index contributed by atoms with van der Waals surface area (Å²) in [7, 11) is 2.00. The van der Waals surface area contributed by atoms with Crippen molar-refractivity contribution in [1.29, 1.82) is 0 Å². The van der Waals surface area contributed by atoms with Gasteiger partial charge in [-0.25, -0.2) is 4.98 Å². The third-order valence-electron chi connectivity index (χ3n) is 4.69. The molecule has 2 fully saturated rings. The van der Waals surface area contributed by atoms with Crippen molar-refractivity contribution in [2.24, 2.45) is 13.0 Å². The average Bonchev–Trinajstić information content (AvgIpc) is 2.95. The molecule has 22 heavy (non-hydrogen) atoms. The lowest BCUT2D eigenvalue weighted by Gasteiger charge is -2.35. The van der Waals surface area contributed by atoms with E-state index in [0.29, 0.717) is 0 Å². The topological polar surface area (TPSA) is 54.5 Å². The standard InChI is InChI=1S/C16H20N4O2/c1-18-5-4-17-16(18)20-8-6-19(7-9-20)15(21)13-11-12(13)14-3-2-10-22-14/h2-5,10,12-13H,6-9,11H2,1H3/t12-,13+/m0/s1. The summed E-state index contributed by atoms with van der Waals surface area (Å²) in [5.74, 6) is 2.61. The molecule has 0 aromatic carbocycles. The Morgan fingerprint density at radius 1 is 1.32 bits per heavy atom. The molecule has 1 aliphatic carbocycles. The third kappa shape index (κ3) is 2.28. The maximum absolute atomic E-state index is 12.6. The molecule has 1 aliphatic heterocycles. The Hall–Kier alpha value is -2.24. The van der Waals surface area contributed by atoms with Crippen molar-refractivity contribution in [3.8, 4) is 0 Å². The van der Waals surface area contributed by atoms with Gasteiger partial charge in [0.05, 0.1) is 6.26 Å². The van der Waals surface area contributed by atoms with Crippen molar-refractivity contribution >= 4 is 11.9 Å². The Labute approximate surface area is 129 Å². The Bertz CT molecular complexity index is 656. The Balaban J connectivity index is 1.34. The number of nitrogens with zero attached hydrogens (tertiary/aromatic N) is 4. The molecule has 0 unspecified atom stereocenters. The first-order valence-corrected chi connectivity index (χ1v) is 7.78. The fourth-order valence-corrected chi connectivity index (χ4v) is 3.31. The van der Waals surface area contributed by atoms with Crippen LogP contribution in [0.3, 0.4) is 0 Å². The number of anilines is 1. The first kappa shape index (κ1) is 13.4. The van der Waals surface area contributed by atoms with Crippen molar-refractivity contribution in [3.63, 3.8) is 0 Å². The molecular formula is C16H20N4O2. The SMILES string of the molecule is Cn1ccnc1N1CCN(C(=O)[C@@H]2C[C@@H]2c2ccco2)CC1. The third-order valence-corrected chi connectivity index (χ3v) is 4.69. The summed E-state index contributed by atoms with van der Waals surface area (Å²) in [6.07, 6.45) is 6.36. The van der Waals surface area contributed by atoms with Gasteiger partial charge in [-0.05, 0) is 18.6 Å². The molecule has 3 heterocycles. The molecule has 0 radical (unpaired) electrons. The summed E-state index contributed by atoms with van der Waals surface area (Å²) in [6.45, 7) is 3.23. The zero-order valence-electron chi connectivity index (χ0n) is 12.7. The summed E-state index contributed by atoms with van der Waals surface area (Å²) in [6, 6.07) is 3.86. The highest BCUT2D eigenvalue weighted by Gasteiger charge is 2.47. The van der Waals surface area contributed by atoms with Crippen molar-refractivity contribution < 1.29 is 9.21 Å². The van der Waals surface area contributed by atoms with Gasteiger partial charge < -0.3 is 18.8 Å². The molecule has 0 N–H and O–H groups in total. The van der Waals surface area contributed by atoms with Crippen LogP contribution < -0.4 is 4.90 Å². The fourth-order valence-electron chi connectivity index (χ4n) is 3.31. The van der Waals surface area contributed by atoms with Gasteiger partial charge in [0.25, 0.3) is 0 Å². The second-order valence-electron chi connectivity index (χ2n) is 6.11. The molecule has 2 aromatic rings. The van der Waals surface area contributed by atoms with E-state index < -0.39 is 0 Å². The van der Waals surface area contributed by atoms with Crippen LogP contribution in [0, 0.1) is 5.92 Å². The van der Waals surface area contributed by atoms with Crippen molar-refractivity contribution in [2.45, 2.75) is 12.3 Å². The van der Waals surface area contributed by atoms with Gasteiger partial charge in [-0.2, -0.15) is 0 Å². The van der Waals surface area contributed by atoms with Gasteiger partial charge in [0.15, 0.2) is 0 Å². The number of aryl methyl sites for hydroxylation is 1. The van der Waals surface area contributed by atoms with E-state index in [2.05, 4.69) is 9.88 Å². The monoisotopic (exact) mass is 300 g/mol. The molecule has 0 bridgehead atoms. The molecule has 2 atom stereocenters. The normalized spacial score (nSPS) is 24.6. The summed E-state index contributed by atoms with van der Waals surface area (Å²) < 4.78 is 7.43. The van der Waals surface area contributed by atoms with E-state index in [1.54, 1.807) is 6.26 Å². The van der Waals surface area contributed by atoms with Crippen LogP contribution >= 0.6 is 0 Å². The van der Waals surface area contributed by atoms with E-state index in [9.17, 15) is 4.79 Å². The minimum absolute atomic E-state index is 0.117. The summed E-state index contributed by atoms with van der Waals surface area (Å²) in [4.78, 5) is 21.2. The number of amides is 1. The van der Waals surface area contributed by atoms with E-state index in [1.165, 1.54) is 0 Å². The number of hydrogen-bond donors (Lipinski definition) is 0. The molecule has 1 saturated carbocycles. The molecule has 1 saturated heterocycles. The van der Waals surface area contributed by atoms with Gasteiger partial charge >= 0.3 is 0 Å². The Morgan fingerprint density at radius 2 is 2.14 bits per heavy atom. The van der Waals surface area contributed by atoms with E-state index >= 15 is 0 Å². The lowest BCUT2D eigenvalue weighted by molar-refractivity contribution is -0.133. The van der Waals surface area contributed by atoms with Crippen LogP contribution in [0.25, 0.3) is 0 Å². The van der Waals surface area contributed by atoms with Crippen molar-refractivity contribution in [3.05, 3.63) is 36.5 Å². The first-order valence-electron chi connectivity index (χ1n) is 7.78. The molecule has 2 aliphatic rings. The molecule has 0 spiro atoms. The summed E-state index contributed by atoms with van der Waals surface area (Å²) in [5.41, 5.74) is 0. The van der Waals surface area contributed by atoms with Crippen LogP contribution in [0.5, 0.6) is 0 Å². The summed E-state index contributed by atoms with van der Waals surface area (Å²) >= 11 is 0. The zero-order valence-corrected chi connectivity index (χ0v) is 12.7. The first-order chi connectivity index (χ1) is 10.7. The highest BCUT2D eigenvalue weighted by Crippen LogP contribution is 2.48. The number of carbonyl (C=O) groups is 1. The molecule has 1 amide bonds. The molecular weight excluding hydrogens is 280 g/mol. The molecule has 2 aromatic heterocycles. The van der Waals surface area contributed by atoms with Crippen molar-refractivity contribution in [2.75, 3.05) is 31.1 Å². The van der Waals surface area contributed by atoms with Crippen LogP contribution in [-0.4, -0.2) is 46.5 Å². The zero-order chi connectivity index (χ0) is 15.1.